The van der Waals surface area contributed by atoms with Crippen molar-refractivity contribution in [3.63, 3.8) is 0 Å². The Morgan fingerprint density at radius 2 is 1.63 bits per heavy atom. The molecule has 0 N–H and O–H groups in total. The molecule has 0 bridgehead atoms. The van der Waals surface area contributed by atoms with Gasteiger partial charge in [-0.2, -0.15) is 4.31 Å². The molecule has 0 spiro atoms. The predicted molar refractivity (Wildman–Crippen MR) is 73.1 cm³/mol. The van der Waals surface area contributed by atoms with E-state index in [0.717, 1.165) is 12.8 Å². The first-order valence-electron chi connectivity index (χ1n) is 6.18. The summed E-state index contributed by atoms with van der Waals surface area (Å²) in [5.74, 6) is 1.07. The van der Waals surface area contributed by atoms with Gasteiger partial charge >= 0.3 is 0 Å². The monoisotopic (exact) mass is 347 g/mol. The van der Waals surface area contributed by atoms with E-state index in [1.165, 1.54) is 4.31 Å². The second kappa shape index (κ2) is 4.96. The first-order valence-corrected chi connectivity index (χ1v) is 8.41. The smallest absolute Gasteiger partial charge is 0.244 e. The maximum Gasteiger partial charge on any atom is 0.244 e. The molecule has 3 rings (SSSR count). The number of hydrogen-bond donors (Lipinski definition) is 0. The van der Waals surface area contributed by atoms with Gasteiger partial charge in [0.1, 0.15) is 18.1 Å². The van der Waals surface area contributed by atoms with Crippen LogP contribution in [0.2, 0.25) is 0 Å². The van der Waals surface area contributed by atoms with Gasteiger partial charge < -0.3 is 9.47 Å². The van der Waals surface area contributed by atoms with Crippen LogP contribution < -0.4 is 9.47 Å². The van der Waals surface area contributed by atoms with Crippen molar-refractivity contribution in [2.45, 2.75) is 17.7 Å². The molecule has 7 heteroatoms. The Labute approximate surface area is 120 Å². The summed E-state index contributed by atoms with van der Waals surface area (Å²) < 4.78 is 38.0. The topological polar surface area (TPSA) is 55.8 Å². The zero-order chi connectivity index (χ0) is 13.5. The molecule has 1 aromatic carbocycles. The van der Waals surface area contributed by atoms with Crippen molar-refractivity contribution in [1.82, 2.24) is 4.31 Å². The number of fused-ring (bicyclic) bond motifs is 1. The molecular formula is C12H14BrNO4S. The van der Waals surface area contributed by atoms with Crippen LogP contribution in [-0.4, -0.2) is 39.0 Å². The Morgan fingerprint density at radius 3 is 2.26 bits per heavy atom. The predicted octanol–water partition coefficient (Wildman–Crippen LogP) is 2.00. The van der Waals surface area contributed by atoms with Crippen LogP contribution in [0.4, 0.5) is 0 Å². The first-order chi connectivity index (χ1) is 9.09. The number of benzene rings is 1. The third-order valence-corrected chi connectivity index (χ3v) is 6.14. The quantitative estimate of drug-likeness (QED) is 0.821. The van der Waals surface area contributed by atoms with Crippen LogP contribution >= 0.6 is 15.9 Å². The van der Waals surface area contributed by atoms with Gasteiger partial charge in [-0.15, -0.1) is 0 Å². The van der Waals surface area contributed by atoms with Gasteiger partial charge in [-0.1, -0.05) is 0 Å². The minimum absolute atomic E-state index is 0.249. The number of sulfonamides is 1. The van der Waals surface area contributed by atoms with E-state index in [4.69, 9.17) is 9.47 Å². The zero-order valence-electron chi connectivity index (χ0n) is 10.3. The fourth-order valence-electron chi connectivity index (χ4n) is 2.31. The molecule has 1 saturated heterocycles. The van der Waals surface area contributed by atoms with E-state index in [2.05, 4.69) is 15.9 Å². The standard InChI is InChI=1S/C12H14BrNO4S/c13-9-7-10-11(18-6-5-17-10)8-12(9)19(15,16)14-3-1-2-4-14/h7-8H,1-6H2. The van der Waals surface area contributed by atoms with E-state index in [1.54, 1.807) is 12.1 Å². The number of hydrogen-bond acceptors (Lipinski definition) is 4. The average molecular weight is 348 g/mol. The summed E-state index contributed by atoms with van der Waals surface area (Å²) in [4.78, 5) is 0.249. The molecule has 1 aromatic rings. The van der Waals surface area contributed by atoms with Crippen LogP contribution in [0, 0.1) is 0 Å². The van der Waals surface area contributed by atoms with Gasteiger partial charge in [0.2, 0.25) is 10.0 Å². The second-order valence-electron chi connectivity index (χ2n) is 4.54. The van der Waals surface area contributed by atoms with Crippen molar-refractivity contribution < 1.29 is 17.9 Å². The lowest BCUT2D eigenvalue weighted by molar-refractivity contribution is 0.171. The molecule has 2 aliphatic heterocycles. The van der Waals surface area contributed by atoms with Crippen LogP contribution in [0.5, 0.6) is 11.5 Å². The minimum atomic E-state index is -3.45. The average Bonchev–Trinajstić information content (AvgIpc) is 2.92. The number of ether oxygens (including phenoxy) is 2. The summed E-state index contributed by atoms with van der Waals surface area (Å²) in [7, 11) is -3.45. The minimum Gasteiger partial charge on any atom is -0.486 e. The summed E-state index contributed by atoms with van der Waals surface area (Å²) in [6, 6.07) is 3.21. The van der Waals surface area contributed by atoms with Crippen molar-refractivity contribution in [3.05, 3.63) is 16.6 Å². The first kappa shape index (κ1) is 13.2. The Kier molecular flexibility index (Phi) is 3.44. The molecule has 19 heavy (non-hydrogen) atoms. The molecule has 0 amide bonds. The summed E-state index contributed by atoms with van der Waals surface area (Å²) in [6.45, 7) is 2.10. The van der Waals surface area contributed by atoms with Crippen molar-refractivity contribution >= 4 is 26.0 Å². The number of rotatable bonds is 2. The van der Waals surface area contributed by atoms with Crippen LogP contribution in [0.15, 0.2) is 21.5 Å². The fourth-order valence-corrected chi connectivity index (χ4v) is 4.83. The summed E-state index contributed by atoms with van der Waals surface area (Å²) in [6.07, 6.45) is 1.84. The van der Waals surface area contributed by atoms with Gasteiger partial charge in [-0.3, -0.25) is 0 Å². The molecule has 0 atom stereocenters. The Hall–Kier alpha value is -0.790. The molecule has 1 fully saturated rings. The van der Waals surface area contributed by atoms with Crippen LogP contribution in [0.1, 0.15) is 12.8 Å². The van der Waals surface area contributed by atoms with Crippen molar-refractivity contribution in [3.8, 4) is 11.5 Å². The van der Waals surface area contributed by atoms with E-state index in [1.807, 2.05) is 0 Å². The Bertz CT molecular complexity index is 596. The highest BCUT2D eigenvalue weighted by atomic mass is 79.9. The van der Waals surface area contributed by atoms with E-state index < -0.39 is 10.0 Å². The van der Waals surface area contributed by atoms with E-state index >= 15 is 0 Å². The van der Waals surface area contributed by atoms with Gasteiger partial charge in [0.25, 0.3) is 0 Å². The molecule has 0 unspecified atom stereocenters. The Morgan fingerprint density at radius 1 is 1.05 bits per heavy atom. The molecule has 2 aliphatic rings. The molecule has 0 saturated carbocycles. The summed E-state index contributed by atoms with van der Waals surface area (Å²) in [5, 5.41) is 0. The van der Waals surface area contributed by atoms with E-state index in [-0.39, 0.29) is 4.90 Å². The highest BCUT2D eigenvalue weighted by molar-refractivity contribution is 9.10. The molecule has 104 valence electrons. The van der Waals surface area contributed by atoms with Crippen LogP contribution in [-0.2, 0) is 10.0 Å². The lowest BCUT2D eigenvalue weighted by Crippen LogP contribution is -2.28. The zero-order valence-corrected chi connectivity index (χ0v) is 12.7. The van der Waals surface area contributed by atoms with E-state index in [9.17, 15) is 8.42 Å². The SMILES string of the molecule is O=S(=O)(c1cc2c(cc1Br)OCCO2)N1CCCC1. The fraction of sp³-hybridized carbons (Fsp3) is 0.500. The maximum absolute atomic E-state index is 12.5. The third-order valence-electron chi connectivity index (χ3n) is 3.28. The van der Waals surface area contributed by atoms with Gasteiger partial charge in [0.15, 0.2) is 11.5 Å². The van der Waals surface area contributed by atoms with Gasteiger partial charge in [0.05, 0.1) is 0 Å². The normalized spacial score (nSPS) is 19.6. The summed E-state index contributed by atoms with van der Waals surface area (Å²) in [5.41, 5.74) is 0. The van der Waals surface area contributed by atoms with E-state index in [0.29, 0.717) is 42.3 Å². The molecule has 0 aliphatic carbocycles. The van der Waals surface area contributed by atoms with Gasteiger partial charge in [-0.25, -0.2) is 8.42 Å². The molecule has 5 nitrogen and oxygen atoms in total. The second-order valence-corrected chi connectivity index (χ2v) is 7.30. The van der Waals surface area contributed by atoms with Crippen molar-refractivity contribution in [1.29, 1.82) is 0 Å². The van der Waals surface area contributed by atoms with Crippen LogP contribution in [0.25, 0.3) is 0 Å². The third kappa shape index (κ3) is 2.34. The van der Waals surface area contributed by atoms with Gasteiger partial charge in [-0.05, 0) is 34.8 Å². The molecule has 2 heterocycles. The van der Waals surface area contributed by atoms with Crippen molar-refractivity contribution in [2.24, 2.45) is 0 Å². The lowest BCUT2D eigenvalue weighted by atomic mass is 10.3. The number of nitrogens with zero attached hydrogens (tertiary/aromatic N) is 1. The highest BCUT2D eigenvalue weighted by Crippen LogP contribution is 2.38. The maximum atomic E-state index is 12.5. The van der Waals surface area contributed by atoms with Gasteiger partial charge in [0, 0.05) is 23.6 Å². The lowest BCUT2D eigenvalue weighted by Gasteiger charge is -2.22. The van der Waals surface area contributed by atoms with Crippen LogP contribution in [0.3, 0.4) is 0 Å². The summed E-state index contributed by atoms with van der Waals surface area (Å²) >= 11 is 3.32. The molecule has 0 aromatic heterocycles. The highest BCUT2D eigenvalue weighted by Gasteiger charge is 2.30. The number of halogens is 1. The molecular weight excluding hydrogens is 334 g/mol. The largest absolute Gasteiger partial charge is 0.486 e. The molecule has 0 radical (unpaired) electrons. The Balaban J connectivity index is 2.04. The van der Waals surface area contributed by atoms with Crippen molar-refractivity contribution in [2.75, 3.05) is 26.3 Å².